The van der Waals surface area contributed by atoms with E-state index in [1.54, 1.807) is 12.1 Å². The van der Waals surface area contributed by atoms with Gasteiger partial charge in [0.25, 0.3) is 0 Å². The topological polar surface area (TPSA) is 32.7 Å². The van der Waals surface area contributed by atoms with Crippen molar-refractivity contribution in [2.75, 3.05) is 13.2 Å². The molecule has 1 aliphatic rings. The molecule has 3 nitrogen and oxygen atoms in total. The van der Waals surface area contributed by atoms with Crippen LogP contribution in [0, 0.1) is 0 Å². The van der Waals surface area contributed by atoms with Crippen molar-refractivity contribution in [2.24, 2.45) is 0 Å². The SMILES string of the molecule is C=CC1C=C(CCCO)CCN1Cc1cccc(OC(F)(F)F)c1. The molecule has 1 N–H and O–H groups in total. The smallest absolute Gasteiger partial charge is 0.406 e. The molecule has 1 atom stereocenters. The van der Waals surface area contributed by atoms with Gasteiger partial charge in [-0.15, -0.1) is 19.8 Å². The molecule has 1 aliphatic heterocycles. The van der Waals surface area contributed by atoms with Crippen LogP contribution in [0.5, 0.6) is 5.75 Å². The van der Waals surface area contributed by atoms with E-state index in [1.807, 2.05) is 6.08 Å². The van der Waals surface area contributed by atoms with Crippen LogP contribution in [0.15, 0.2) is 48.6 Å². The normalized spacial score (nSPS) is 19.0. The number of aliphatic hydroxyl groups is 1. The van der Waals surface area contributed by atoms with Crippen LogP contribution in [0.3, 0.4) is 0 Å². The van der Waals surface area contributed by atoms with Crippen LogP contribution in [0.1, 0.15) is 24.8 Å². The molecule has 0 fully saturated rings. The van der Waals surface area contributed by atoms with Crippen molar-refractivity contribution in [3.05, 3.63) is 54.1 Å². The number of aliphatic hydroxyl groups excluding tert-OH is 1. The molecule has 1 aromatic rings. The molecule has 0 spiro atoms. The van der Waals surface area contributed by atoms with E-state index in [9.17, 15) is 13.2 Å². The number of hydrogen-bond acceptors (Lipinski definition) is 3. The summed E-state index contributed by atoms with van der Waals surface area (Å²) in [6.45, 7) is 5.35. The zero-order chi connectivity index (χ0) is 17.6. The maximum absolute atomic E-state index is 12.3. The molecule has 1 unspecified atom stereocenters. The van der Waals surface area contributed by atoms with Gasteiger partial charge >= 0.3 is 6.36 Å². The van der Waals surface area contributed by atoms with Crippen molar-refractivity contribution in [3.63, 3.8) is 0 Å². The molecule has 1 aromatic carbocycles. The maximum Gasteiger partial charge on any atom is 0.573 e. The first-order valence-corrected chi connectivity index (χ1v) is 7.93. The number of benzene rings is 1. The Morgan fingerprint density at radius 3 is 2.83 bits per heavy atom. The lowest BCUT2D eigenvalue weighted by Crippen LogP contribution is -2.36. The van der Waals surface area contributed by atoms with Gasteiger partial charge in [0.05, 0.1) is 0 Å². The highest BCUT2D eigenvalue weighted by atomic mass is 19.4. The van der Waals surface area contributed by atoms with Crippen molar-refractivity contribution in [1.82, 2.24) is 4.90 Å². The van der Waals surface area contributed by atoms with Crippen molar-refractivity contribution < 1.29 is 23.0 Å². The summed E-state index contributed by atoms with van der Waals surface area (Å²) in [7, 11) is 0. The Kier molecular flexibility index (Phi) is 6.45. The van der Waals surface area contributed by atoms with E-state index in [0.717, 1.165) is 31.4 Å². The molecule has 0 saturated carbocycles. The quantitative estimate of drug-likeness (QED) is 0.760. The Morgan fingerprint density at radius 1 is 1.38 bits per heavy atom. The minimum absolute atomic E-state index is 0.0413. The van der Waals surface area contributed by atoms with E-state index >= 15 is 0 Å². The van der Waals surface area contributed by atoms with Gasteiger partial charge in [0.15, 0.2) is 0 Å². The van der Waals surface area contributed by atoms with E-state index in [2.05, 4.69) is 22.3 Å². The molecular weight excluding hydrogens is 319 g/mol. The third kappa shape index (κ3) is 5.69. The van der Waals surface area contributed by atoms with Gasteiger partial charge in [-0.05, 0) is 37.0 Å². The van der Waals surface area contributed by atoms with Gasteiger partial charge in [-0.25, -0.2) is 0 Å². The van der Waals surface area contributed by atoms with Crippen LogP contribution in [-0.4, -0.2) is 35.6 Å². The second kappa shape index (κ2) is 8.35. The van der Waals surface area contributed by atoms with Crippen LogP contribution in [0.2, 0.25) is 0 Å². The zero-order valence-corrected chi connectivity index (χ0v) is 13.4. The largest absolute Gasteiger partial charge is 0.573 e. The first-order chi connectivity index (χ1) is 11.4. The number of halogens is 3. The van der Waals surface area contributed by atoms with E-state index < -0.39 is 6.36 Å². The van der Waals surface area contributed by atoms with Crippen molar-refractivity contribution in [3.8, 4) is 5.75 Å². The highest BCUT2D eigenvalue weighted by molar-refractivity contribution is 5.29. The molecule has 1 heterocycles. The summed E-state index contributed by atoms with van der Waals surface area (Å²) in [5.41, 5.74) is 2.05. The number of alkyl halides is 3. The third-order valence-electron chi connectivity index (χ3n) is 3.96. The summed E-state index contributed by atoms with van der Waals surface area (Å²) >= 11 is 0. The van der Waals surface area contributed by atoms with Gasteiger partial charge in [0.1, 0.15) is 5.75 Å². The lowest BCUT2D eigenvalue weighted by molar-refractivity contribution is -0.274. The summed E-state index contributed by atoms with van der Waals surface area (Å²) < 4.78 is 40.9. The minimum Gasteiger partial charge on any atom is -0.406 e. The molecule has 0 aliphatic carbocycles. The van der Waals surface area contributed by atoms with Gasteiger partial charge in [-0.1, -0.05) is 29.9 Å². The van der Waals surface area contributed by atoms with Gasteiger partial charge < -0.3 is 9.84 Å². The monoisotopic (exact) mass is 341 g/mol. The first-order valence-electron chi connectivity index (χ1n) is 7.93. The van der Waals surface area contributed by atoms with E-state index in [4.69, 9.17) is 5.11 Å². The number of rotatable bonds is 7. The Balaban J connectivity index is 2.04. The molecule has 132 valence electrons. The Labute approximate surface area is 140 Å². The highest BCUT2D eigenvalue weighted by Gasteiger charge is 2.31. The lowest BCUT2D eigenvalue weighted by atomic mass is 9.98. The van der Waals surface area contributed by atoms with Crippen LogP contribution in [0.4, 0.5) is 13.2 Å². The molecular formula is C18H22F3NO2. The van der Waals surface area contributed by atoms with Gasteiger partial charge in [0.2, 0.25) is 0 Å². The second-order valence-corrected chi connectivity index (χ2v) is 5.79. The summed E-state index contributed by atoms with van der Waals surface area (Å²) in [6, 6.07) is 6.10. The summed E-state index contributed by atoms with van der Waals surface area (Å²) in [4.78, 5) is 2.15. The Bertz CT molecular complexity index is 584. The van der Waals surface area contributed by atoms with Gasteiger partial charge in [-0.2, -0.15) is 0 Å². The first kappa shape index (κ1) is 18.5. The fraction of sp³-hybridized carbons (Fsp3) is 0.444. The van der Waals surface area contributed by atoms with E-state index in [-0.39, 0.29) is 18.4 Å². The summed E-state index contributed by atoms with van der Waals surface area (Å²) in [6.07, 6.45) is 1.77. The molecule has 2 rings (SSSR count). The predicted octanol–water partition coefficient (Wildman–Crippen LogP) is 4.04. The maximum atomic E-state index is 12.3. The zero-order valence-electron chi connectivity index (χ0n) is 13.4. The second-order valence-electron chi connectivity index (χ2n) is 5.79. The van der Waals surface area contributed by atoms with Gasteiger partial charge in [-0.3, -0.25) is 4.90 Å². The average molecular weight is 341 g/mol. The summed E-state index contributed by atoms with van der Waals surface area (Å²) in [5, 5.41) is 8.92. The van der Waals surface area contributed by atoms with Crippen molar-refractivity contribution in [1.29, 1.82) is 0 Å². The molecule has 0 bridgehead atoms. The lowest BCUT2D eigenvalue weighted by Gasteiger charge is -2.33. The minimum atomic E-state index is -4.68. The summed E-state index contributed by atoms with van der Waals surface area (Å²) in [5.74, 6) is -0.202. The number of nitrogens with zero attached hydrogens (tertiary/aromatic N) is 1. The Hall–Kier alpha value is -1.79. The van der Waals surface area contributed by atoms with Crippen molar-refractivity contribution >= 4 is 0 Å². The standard InChI is InChI=1S/C18H22F3NO2/c1-2-16-11-14(6-4-10-23)8-9-22(16)13-15-5-3-7-17(12-15)24-18(19,20)21/h2-3,5,7,11-12,16,23H,1,4,6,8-10,13H2. The Morgan fingerprint density at radius 2 is 2.17 bits per heavy atom. The number of hydrogen-bond donors (Lipinski definition) is 1. The molecule has 24 heavy (non-hydrogen) atoms. The average Bonchev–Trinajstić information content (AvgIpc) is 2.52. The van der Waals surface area contributed by atoms with E-state index in [0.29, 0.717) is 6.54 Å². The fourth-order valence-corrected chi connectivity index (χ4v) is 2.86. The molecule has 0 aromatic heterocycles. The fourth-order valence-electron chi connectivity index (χ4n) is 2.86. The highest BCUT2D eigenvalue weighted by Crippen LogP contribution is 2.26. The van der Waals surface area contributed by atoms with Crippen LogP contribution >= 0.6 is 0 Å². The number of ether oxygens (including phenoxy) is 1. The third-order valence-corrected chi connectivity index (χ3v) is 3.96. The van der Waals surface area contributed by atoms with Gasteiger partial charge in [0, 0.05) is 25.7 Å². The van der Waals surface area contributed by atoms with E-state index in [1.165, 1.54) is 17.7 Å². The van der Waals surface area contributed by atoms with Crippen molar-refractivity contribution in [2.45, 2.75) is 38.2 Å². The van der Waals surface area contributed by atoms with Crippen LogP contribution in [-0.2, 0) is 6.54 Å². The molecule has 0 saturated heterocycles. The molecule has 6 heteroatoms. The predicted molar refractivity (Wildman–Crippen MR) is 86.5 cm³/mol. The molecule has 0 amide bonds. The molecule has 0 radical (unpaired) electrons. The van der Waals surface area contributed by atoms with Crippen LogP contribution in [0.25, 0.3) is 0 Å². The van der Waals surface area contributed by atoms with Crippen LogP contribution < -0.4 is 4.74 Å².